The van der Waals surface area contributed by atoms with E-state index in [0.29, 0.717) is 45.3 Å². The number of fused-ring (bicyclic) bond motifs is 6. The van der Waals surface area contributed by atoms with Crippen molar-refractivity contribution in [3.8, 4) is 142 Å². The summed E-state index contributed by atoms with van der Waals surface area (Å²) in [5.41, 5.74) is 23.0. The second-order valence-electron chi connectivity index (χ2n) is 24.4. The van der Waals surface area contributed by atoms with Gasteiger partial charge in [0.2, 0.25) is 0 Å². The number of rotatable bonds is 12. The maximum Gasteiger partial charge on any atom is 0.166 e. The van der Waals surface area contributed by atoms with Gasteiger partial charge in [-0.3, -0.25) is 0 Å². The fourth-order valence-corrected chi connectivity index (χ4v) is 14.0. The predicted octanol–water partition coefficient (Wildman–Crippen LogP) is 22.4. The van der Waals surface area contributed by atoms with Crippen molar-refractivity contribution in [2.75, 3.05) is 0 Å². The standard InChI is InChI=1S/C90H54N8/c91-55-58-18-13-29-67(48-58)65-36-38-66(39-37-65)88-94-89(86-74(72-30-14-19-59(49-72)56-92)32-16-34-84(86)97-80-44-40-68(61-21-5-1-6-22-61)51-76(80)77-52-69(41-45-81(77)97)62-23-7-2-8-24-62)96-90(95-88)87-75(73-31-15-20-60(50-73)57-93)33-17-35-85(87)98-82-46-42-70(63-25-9-3-10-26-63)53-78(82)79-54-71(43-47-83(79)98)64-27-11-4-12-28-64/h1-54H. The Hall–Kier alpha value is -13.8. The summed E-state index contributed by atoms with van der Waals surface area (Å²) < 4.78 is 4.68. The first kappa shape index (κ1) is 58.0. The molecular formula is C90H54N8. The summed E-state index contributed by atoms with van der Waals surface area (Å²) in [6.07, 6.45) is 0. The molecule has 8 nitrogen and oxygen atoms in total. The Kier molecular flexibility index (Phi) is 14.5. The molecule has 17 rings (SSSR count). The smallest absolute Gasteiger partial charge is 0.166 e. The molecule has 0 unspecified atom stereocenters. The third-order valence-electron chi connectivity index (χ3n) is 18.7. The van der Waals surface area contributed by atoms with E-state index in [1.54, 1.807) is 0 Å². The Morgan fingerprint density at radius 1 is 0.214 bits per heavy atom. The minimum absolute atomic E-state index is 0.384. The molecule has 3 heterocycles. The van der Waals surface area contributed by atoms with Gasteiger partial charge >= 0.3 is 0 Å². The molecule has 0 fully saturated rings. The van der Waals surface area contributed by atoms with Crippen LogP contribution in [0.5, 0.6) is 0 Å². The largest absolute Gasteiger partial charge is 0.308 e. The molecule has 0 radical (unpaired) electrons. The van der Waals surface area contributed by atoms with Crippen LogP contribution in [0.15, 0.2) is 328 Å². The van der Waals surface area contributed by atoms with Crippen LogP contribution in [0.2, 0.25) is 0 Å². The normalized spacial score (nSPS) is 11.2. The molecule has 0 spiro atoms. The summed E-state index contributed by atoms with van der Waals surface area (Å²) in [4.78, 5) is 17.3. The highest BCUT2D eigenvalue weighted by Crippen LogP contribution is 2.47. The molecular weight excluding hydrogens is 1190 g/mol. The Labute approximate surface area is 566 Å². The van der Waals surface area contributed by atoms with Crippen LogP contribution in [0.3, 0.4) is 0 Å². The molecule has 8 heteroatoms. The molecule has 0 aliphatic carbocycles. The van der Waals surface area contributed by atoms with E-state index in [9.17, 15) is 15.8 Å². The van der Waals surface area contributed by atoms with E-state index in [-0.39, 0.29) is 0 Å². The highest BCUT2D eigenvalue weighted by Gasteiger charge is 2.28. The third kappa shape index (κ3) is 10.4. The molecule has 0 bridgehead atoms. The van der Waals surface area contributed by atoms with Crippen LogP contribution >= 0.6 is 0 Å². The van der Waals surface area contributed by atoms with Crippen LogP contribution in [0.4, 0.5) is 0 Å². The summed E-state index contributed by atoms with van der Waals surface area (Å²) in [6, 6.07) is 120. The lowest BCUT2D eigenvalue weighted by Gasteiger charge is -2.20. The number of hydrogen-bond donors (Lipinski definition) is 0. The Morgan fingerprint density at radius 2 is 0.480 bits per heavy atom. The number of nitriles is 3. The minimum Gasteiger partial charge on any atom is -0.308 e. The van der Waals surface area contributed by atoms with Gasteiger partial charge in [-0.2, -0.15) is 15.8 Å². The van der Waals surface area contributed by atoms with Crippen molar-refractivity contribution < 1.29 is 0 Å². The fourth-order valence-electron chi connectivity index (χ4n) is 14.0. The molecule has 0 saturated heterocycles. The number of benzene rings is 14. The van der Waals surface area contributed by atoms with Gasteiger partial charge in [0.05, 0.1) is 79.5 Å². The van der Waals surface area contributed by atoms with E-state index in [4.69, 9.17) is 15.0 Å². The Balaban J connectivity index is 0.987. The average Bonchev–Trinajstić information content (AvgIpc) is 1.55. The second-order valence-corrected chi connectivity index (χ2v) is 24.4. The van der Waals surface area contributed by atoms with Crippen molar-refractivity contribution in [1.29, 1.82) is 15.8 Å². The lowest BCUT2D eigenvalue weighted by atomic mass is 9.94. The SMILES string of the molecule is N#Cc1cccc(-c2ccc(-c3nc(-c4c(-c5cccc(C#N)c5)cccc4-n4c5ccc(-c6ccccc6)cc5c5cc(-c6ccccc6)ccc54)nc(-c4c(-c5cccc(C#N)c5)cccc4-n4c5ccc(-c6ccccc6)cc5c5cc(-c6ccccc6)ccc54)n3)cc2)c1. The van der Waals surface area contributed by atoms with Crippen LogP contribution in [0.25, 0.3) is 167 Å². The summed E-state index contributed by atoms with van der Waals surface area (Å²) in [6.45, 7) is 0. The molecule has 0 aliphatic rings. The topological polar surface area (TPSA) is 120 Å². The van der Waals surface area contributed by atoms with Crippen LogP contribution in [-0.4, -0.2) is 24.1 Å². The molecule has 0 saturated carbocycles. The third-order valence-corrected chi connectivity index (χ3v) is 18.7. The number of aromatic nitrogens is 5. The van der Waals surface area contributed by atoms with E-state index in [1.807, 2.05) is 121 Å². The fraction of sp³-hybridized carbons (Fsp3) is 0. The molecule has 14 aromatic carbocycles. The first-order chi connectivity index (χ1) is 48.4. The van der Waals surface area contributed by atoms with Gasteiger partial charge in [-0.25, -0.2) is 15.0 Å². The van der Waals surface area contributed by atoms with Crippen molar-refractivity contribution in [3.05, 3.63) is 344 Å². The van der Waals surface area contributed by atoms with Gasteiger partial charge in [0.1, 0.15) is 0 Å². The lowest BCUT2D eigenvalue weighted by molar-refractivity contribution is 1.06. The zero-order chi connectivity index (χ0) is 65.6. The van der Waals surface area contributed by atoms with E-state index in [1.165, 1.54) is 0 Å². The molecule has 0 aliphatic heterocycles. The molecule has 454 valence electrons. The first-order valence-corrected chi connectivity index (χ1v) is 32.5. The van der Waals surface area contributed by atoms with E-state index >= 15 is 0 Å². The van der Waals surface area contributed by atoms with Gasteiger partial charge < -0.3 is 9.13 Å². The van der Waals surface area contributed by atoms with Crippen molar-refractivity contribution in [3.63, 3.8) is 0 Å². The summed E-state index contributed by atoms with van der Waals surface area (Å²) in [5, 5.41) is 35.4. The van der Waals surface area contributed by atoms with E-state index in [0.717, 1.165) is 138 Å². The molecule has 0 atom stereocenters. The Bertz CT molecular complexity index is 5610. The van der Waals surface area contributed by atoms with Gasteiger partial charge in [0.15, 0.2) is 17.5 Å². The van der Waals surface area contributed by atoms with Gasteiger partial charge in [-0.1, -0.05) is 231 Å². The van der Waals surface area contributed by atoms with E-state index < -0.39 is 0 Å². The summed E-state index contributed by atoms with van der Waals surface area (Å²) >= 11 is 0. The van der Waals surface area contributed by atoms with Crippen molar-refractivity contribution in [2.24, 2.45) is 0 Å². The van der Waals surface area contributed by atoms with Gasteiger partial charge in [-0.05, 0) is 175 Å². The maximum absolute atomic E-state index is 10.6. The molecule has 3 aromatic heterocycles. The van der Waals surface area contributed by atoms with Crippen molar-refractivity contribution >= 4 is 43.6 Å². The van der Waals surface area contributed by atoms with Crippen LogP contribution in [0.1, 0.15) is 16.7 Å². The average molecular weight is 1250 g/mol. The molecule has 17 aromatic rings. The first-order valence-electron chi connectivity index (χ1n) is 32.5. The Morgan fingerprint density at radius 3 is 0.827 bits per heavy atom. The van der Waals surface area contributed by atoms with Gasteiger partial charge in [0.25, 0.3) is 0 Å². The molecule has 98 heavy (non-hydrogen) atoms. The predicted molar refractivity (Wildman–Crippen MR) is 397 cm³/mol. The van der Waals surface area contributed by atoms with Crippen molar-refractivity contribution in [2.45, 2.75) is 0 Å². The highest BCUT2D eigenvalue weighted by atomic mass is 15.1. The second kappa shape index (κ2) is 24.6. The van der Waals surface area contributed by atoms with Crippen LogP contribution in [0, 0.1) is 34.0 Å². The monoisotopic (exact) mass is 1250 g/mol. The quantitative estimate of drug-likeness (QED) is 0.120. The molecule has 0 N–H and O–H groups in total. The van der Waals surface area contributed by atoms with Crippen molar-refractivity contribution in [1.82, 2.24) is 24.1 Å². The highest BCUT2D eigenvalue weighted by molar-refractivity contribution is 6.14. The lowest BCUT2D eigenvalue weighted by Crippen LogP contribution is -2.07. The molecule has 0 amide bonds. The summed E-state index contributed by atoms with van der Waals surface area (Å²) in [7, 11) is 0. The van der Waals surface area contributed by atoms with Crippen LogP contribution in [-0.2, 0) is 0 Å². The van der Waals surface area contributed by atoms with Gasteiger partial charge in [-0.15, -0.1) is 0 Å². The number of nitrogens with zero attached hydrogens (tertiary/aromatic N) is 8. The van der Waals surface area contributed by atoms with E-state index in [2.05, 4.69) is 234 Å². The summed E-state index contributed by atoms with van der Waals surface area (Å²) in [5.74, 6) is 1.17. The van der Waals surface area contributed by atoms with Crippen LogP contribution < -0.4 is 0 Å². The minimum atomic E-state index is 0.384. The van der Waals surface area contributed by atoms with Gasteiger partial charge in [0, 0.05) is 27.1 Å². The zero-order valence-electron chi connectivity index (χ0n) is 52.8. The maximum atomic E-state index is 10.6. The zero-order valence-corrected chi connectivity index (χ0v) is 52.8. The number of hydrogen-bond acceptors (Lipinski definition) is 6.